The summed E-state index contributed by atoms with van der Waals surface area (Å²) in [5, 5.41) is 2.26. The summed E-state index contributed by atoms with van der Waals surface area (Å²) in [6.45, 7) is 10.6. The Morgan fingerprint density at radius 3 is 2.33 bits per heavy atom. The second-order valence-electron chi connectivity index (χ2n) is 7.32. The third-order valence-electron chi connectivity index (χ3n) is 5.04. The van der Waals surface area contributed by atoms with Gasteiger partial charge in [-0.15, -0.1) is 0 Å². The van der Waals surface area contributed by atoms with Crippen molar-refractivity contribution in [3.63, 3.8) is 0 Å². The molecular weight excluding hydrogens is 303 g/mol. The summed E-state index contributed by atoms with van der Waals surface area (Å²) in [6, 6.07) is 10.3. The Hall–Kier alpha value is -1.56. The maximum absolute atomic E-state index is 6.26. The Morgan fingerprint density at radius 1 is 1.04 bits per heavy atom. The van der Waals surface area contributed by atoms with Crippen LogP contribution in [-0.2, 0) is 14.0 Å². The molecule has 0 aliphatic carbocycles. The molecule has 1 aliphatic heterocycles. The highest BCUT2D eigenvalue weighted by atomic mass is 16.7. The molecular formula is C19H25BO4. The van der Waals surface area contributed by atoms with Crippen LogP contribution in [0.3, 0.4) is 0 Å². The molecule has 1 saturated heterocycles. The van der Waals surface area contributed by atoms with Crippen molar-refractivity contribution >= 4 is 23.4 Å². The zero-order chi connectivity index (χ0) is 17.5. The predicted octanol–water partition coefficient (Wildman–Crippen LogP) is 3.43. The zero-order valence-corrected chi connectivity index (χ0v) is 15.3. The van der Waals surface area contributed by atoms with Crippen LogP contribution in [0, 0.1) is 6.92 Å². The second kappa shape index (κ2) is 6.06. The highest BCUT2D eigenvalue weighted by molar-refractivity contribution is 6.65. The van der Waals surface area contributed by atoms with Gasteiger partial charge in [-0.3, -0.25) is 0 Å². The van der Waals surface area contributed by atoms with Gasteiger partial charge in [0.25, 0.3) is 0 Å². The quantitative estimate of drug-likeness (QED) is 0.636. The van der Waals surface area contributed by atoms with Gasteiger partial charge in [0.05, 0.1) is 11.2 Å². The van der Waals surface area contributed by atoms with Crippen LogP contribution >= 0.6 is 0 Å². The number of aryl methyl sites for hydroxylation is 1. The molecule has 0 atom stereocenters. The van der Waals surface area contributed by atoms with E-state index in [9.17, 15) is 0 Å². The number of ether oxygens (including phenoxy) is 2. The molecule has 0 N–H and O–H groups in total. The minimum atomic E-state index is -0.426. The van der Waals surface area contributed by atoms with E-state index in [4.69, 9.17) is 18.8 Å². The van der Waals surface area contributed by atoms with Gasteiger partial charge in [-0.25, -0.2) is 0 Å². The van der Waals surface area contributed by atoms with Crippen LogP contribution in [-0.4, -0.2) is 32.2 Å². The maximum atomic E-state index is 6.26. The molecule has 3 rings (SSSR count). The highest BCUT2D eigenvalue weighted by Crippen LogP contribution is 2.37. The standard InChI is InChI=1S/C19H25BO4/c1-13-8-7-9-14-10-15(22-12-21-6)11-16(17(13)14)20-23-18(2,3)19(4,5)24-20/h7-11H,12H2,1-6H3. The van der Waals surface area contributed by atoms with Crippen LogP contribution in [0.4, 0.5) is 0 Å². The Balaban J connectivity index is 2.12. The van der Waals surface area contributed by atoms with E-state index in [-0.39, 0.29) is 18.0 Å². The summed E-state index contributed by atoms with van der Waals surface area (Å²) >= 11 is 0. The lowest BCUT2D eigenvalue weighted by Gasteiger charge is -2.32. The Morgan fingerprint density at radius 2 is 1.71 bits per heavy atom. The van der Waals surface area contributed by atoms with Crippen LogP contribution in [0.1, 0.15) is 33.3 Å². The average Bonchev–Trinajstić information content (AvgIpc) is 2.72. The van der Waals surface area contributed by atoms with Crippen molar-refractivity contribution in [2.45, 2.75) is 45.8 Å². The topological polar surface area (TPSA) is 36.9 Å². The molecule has 0 aromatic heterocycles. The average molecular weight is 328 g/mol. The second-order valence-corrected chi connectivity index (χ2v) is 7.32. The van der Waals surface area contributed by atoms with Crippen LogP contribution in [0.2, 0.25) is 0 Å². The van der Waals surface area contributed by atoms with Gasteiger partial charge in [0.1, 0.15) is 5.75 Å². The summed E-state index contributed by atoms with van der Waals surface area (Å²) in [6.07, 6.45) is 0. The number of hydrogen-bond acceptors (Lipinski definition) is 4. The van der Waals surface area contributed by atoms with Crippen LogP contribution in [0.5, 0.6) is 5.75 Å². The first kappa shape index (κ1) is 17.3. The normalized spacial score (nSPS) is 19.0. The molecule has 0 spiro atoms. The van der Waals surface area contributed by atoms with E-state index in [1.807, 2.05) is 18.2 Å². The predicted molar refractivity (Wildman–Crippen MR) is 96.9 cm³/mol. The fourth-order valence-corrected chi connectivity index (χ4v) is 2.99. The first-order valence-corrected chi connectivity index (χ1v) is 8.26. The number of hydrogen-bond donors (Lipinski definition) is 0. The zero-order valence-electron chi connectivity index (χ0n) is 15.3. The molecule has 2 aromatic carbocycles. The molecule has 1 fully saturated rings. The molecule has 0 radical (unpaired) electrons. The minimum absolute atomic E-state index is 0.208. The van der Waals surface area contributed by atoms with E-state index < -0.39 is 7.12 Å². The monoisotopic (exact) mass is 328 g/mol. The van der Waals surface area contributed by atoms with Crippen LogP contribution in [0.25, 0.3) is 10.8 Å². The first-order valence-electron chi connectivity index (χ1n) is 8.26. The number of methoxy groups -OCH3 is 1. The Kier molecular flexibility index (Phi) is 4.37. The largest absolute Gasteiger partial charge is 0.495 e. The lowest BCUT2D eigenvalue weighted by Crippen LogP contribution is -2.41. The number of benzene rings is 2. The molecule has 5 heteroatoms. The molecule has 0 saturated carbocycles. The summed E-state index contributed by atoms with van der Waals surface area (Å²) in [5.74, 6) is 0.750. The van der Waals surface area contributed by atoms with Crippen molar-refractivity contribution in [3.05, 3.63) is 35.9 Å². The van der Waals surface area contributed by atoms with E-state index >= 15 is 0 Å². The summed E-state index contributed by atoms with van der Waals surface area (Å²) in [4.78, 5) is 0. The van der Waals surface area contributed by atoms with Gasteiger partial charge in [-0.05, 0) is 68.6 Å². The lowest BCUT2D eigenvalue weighted by molar-refractivity contribution is 0.00578. The van der Waals surface area contributed by atoms with Gasteiger partial charge in [-0.1, -0.05) is 18.2 Å². The molecule has 0 unspecified atom stereocenters. The first-order chi connectivity index (χ1) is 11.2. The van der Waals surface area contributed by atoms with Gasteiger partial charge in [0.2, 0.25) is 0 Å². The van der Waals surface area contributed by atoms with E-state index in [2.05, 4.69) is 46.8 Å². The van der Waals surface area contributed by atoms with E-state index in [0.717, 1.165) is 22.0 Å². The van der Waals surface area contributed by atoms with Gasteiger partial charge >= 0.3 is 7.12 Å². The van der Waals surface area contributed by atoms with Crippen molar-refractivity contribution in [3.8, 4) is 5.75 Å². The van der Waals surface area contributed by atoms with Crippen molar-refractivity contribution in [2.24, 2.45) is 0 Å². The summed E-state index contributed by atoms with van der Waals surface area (Å²) < 4.78 is 23.2. The van der Waals surface area contributed by atoms with E-state index in [0.29, 0.717) is 0 Å². The minimum Gasteiger partial charge on any atom is -0.468 e. The molecule has 2 aromatic rings. The van der Waals surface area contributed by atoms with Crippen LogP contribution < -0.4 is 10.2 Å². The summed E-state index contributed by atoms with van der Waals surface area (Å²) in [5.41, 5.74) is 1.43. The molecule has 0 amide bonds. The molecule has 0 bridgehead atoms. The third-order valence-corrected chi connectivity index (χ3v) is 5.04. The van der Waals surface area contributed by atoms with Gasteiger partial charge in [0, 0.05) is 7.11 Å². The van der Waals surface area contributed by atoms with E-state index in [1.54, 1.807) is 7.11 Å². The van der Waals surface area contributed by atoms with Crippen molar-refractivity contribution < 1.29 is 18.8 Å². The van der Waals surface area contributed by atoms with Gasteiger partial charge in [-0.2, -0.15) is 0 Å². The van der Waals surface area contributed by atoms with Gasteiger partial charge in [0.15, 0.2) is 6.79 Å². The Labute approximate surface area is 144 Å². The third kappa shape index (κ3) is 2.92. The number of fused-ring (bicyclic) bond motifs is 1. The van der Waals surface area contributed by atoms with Crippen molar-refractivity contribution in [1.82, 2.24) is 0 Å². The molecule has 128 valence electrons. The highest BCUT2D eigenvalue weighted by Gasteiger charge is 2.52. The molecule has 4 nitrogen and oxygen atoms in total. The number of rotatable bonds is 4. The summed E-state index contributed by atoms with van der Waals surface area (Å²) in [7, 11) is 1.19. The fraction of sp³-hybridized carbons (Fsp3) is 0.474. The fourth-order valence-electron chi connectivity index (χ4n) is 2.99. The molecule has 1 aliphatic rings. The van der Waals surface area contributed by atoms with Crippen LogP contribution in [0.15, 0.2) is 30.3 Å². The van der Waals surface area contributed by atoms with Crippen molar-refractivity contribution in [1.29, 1.82) is 0 Å². The Bertz CT molecular complexity index is 738. The molecule has 1 heterocycles. The smallest absolute Gasteiger partial charge is 0.468 e. The van der Waals surface area contributed by atoms with E-state index in [1.165, 1.54) is 5.56 Å². The van der Waals surface area contributed by atoms with Crippen molar-refractivity contribution in [2.75, 3.05) is 13.9 Å². The SMILES string of the molecule is COCOc1cc(B2OC(C)(C)C(C)(C)O2)c2c(C)cccc2c1. The maximum Gasteiger partial charge on any atom is 0.495 e. The van der Waals surface area contributed by atoms with Gasteiger partial charge < -0.3 is 18.8 Å². The molecule has 24 heavy (non-hydrogen) atoms. The lowest BCUT2D eigenvalue weighted by atomic mass is 9.75.